The number of likely N-dealkylation sites (tertiary alicyclic amines) is 2. The van der Waals surface area contributed by atoms with Gasteiger partial charge in [0, 0.05) is 38.6 Å². The highest BCUT2D eigenvalue weighted by Crippen LogP contribution is 2.40. The molecule has 0 aromatic carbocycles. The van der Waals surface area contributed by atoms with Crippen molar-refractivity contribution in [1.29, 1.82) is 0 Å². The topological polar surface area (TPSA) is 53.5 Å². The zero-order valence-corrected chi connectivity index (χ0v) is 16.9. The van der Waals surface area contributed by atoms with Crippen molar-refractivity contribution in [3.05, 3.63) is 30.1 Å². The fourth-order valence-electron chi connectivity index (χ4n) is 5.43. The van der Waals surface area contributed by atoms with Gasteiger partial charge in [0.05, 0.1) is 11.8 Å². The Labute approximate surface area is 168 Å². The molecule has 2 amide bonds. The van der Waals surface area contributed by atoms with Crippen molar-refractivity contribution >= 4 is 11.8 Å². The van der Waals surface area contributed by atoms with E-state index in [-0.39, 0.29) is 11.3 Å². The minimum Gasteiger partial charge on any atom is -0.342 e. The molecule has 1 spiro atoms. The molecule has 28 heavy (non-hydrogen) atoms. The van der Waals surface area contributed by atoms with Gasteiger partial charge in [0.15, 0.2) is 0 Å². The van der Waals surface area contributed by atoms with E-state index in [1.165, 1.54) is 32.1 Å². The largest absolute Gasteiger partial charge is 0.342 e. The van der Waals surface area contributed by atoms with Crippen LogP contribution in [0.1, 0.15) is 63.4 Å². The number of aromatic nitrogens is 1. The van der Waals surface area contributed by atoms with Crippen molar-refractivity contribution in [3.8, 4) is 0 Å². The van der Waals surface area contributed by atoms with Crippen molar-refractivity contribution in [2.75, 3.05) is 26.2 Å². The van der Waals surface area contributed by atoms with Gasteiger partial charge >= 0.3 is 0 Å². The van der Waals surface area contributed by atoms with Crippen LogP contribution in [0.15, 0.2) is 24.5 Å². The molecule has 152 valence electrons. The second-order valence-corrected chi connectivity index (χ2v) is 9.07. The first kappa shape index (κ1) is 19.4. The molecular formula is C23H33N3O2. The lowest BCUT2D eigenvalue weighted by atomic mass is 9.78. The lowest BCUT2D eigenvalue weighted by molar-refractivity contribution is -0.146. The van der Waals surface area contributed by atoms with E-state index in [0.29, 0.717) is 25.4 Å². The van der Waals surface area contributed by atoms with E-state index in [4.69, 9.17) is 0 Å². The first-order chi connectivity index (χ1) is 13.7. The Morgan fingerprint density at radius 3 is 2.79 bits per heavy atom. The minimum absolute atomic E-state index is 0.122. The predicted octanol–water partition coefficient (Wildman–Crippen LogP) is 3.44. The highest BCUT2D eigenvalue weighted by Gasteiger charge is 2.49. The molecule has 3 aliphatic rings. The Bertz CT molecular complexity index is 686. The van der Waals surface area contributed by atoms with Crippen molar-refractivity contribution in [2.45, 2.75) is 64.2 Å². The van der Waals surface area contributed by atoms with Crippen molar-refractivity contribution in [2.24, 2.45) is 11.3 Å². The summed E-state index contributed by atoms with van der Waals surface area (Å²) >= 11 is 0. The molecule has 1 atom stereocenters. The van der Waals surface area contributed by atoms with Crippen molar-refractivity contribution in [3.63, 3.8) is 0 Å². The summed E-state index contributed by atoms with van der Waals surface area (Å²) in [6.07, 6.45) is 14.6. The average molecular weight is 384 g/mol. The normalized spacial score (nSPS) is 26.2. The molecule has 0 N–H and O–H groups in total. The molecular weight excluding hydrogens is 350 g/mol. The summed E-state index contributed by atoms with van der Waals surface area (Å²) in [5.41, 5.74) is 0.618. The standard InChI is InChI=1S/C23H33N3O2/c27-21(16-20-8-4-12-24-17-20)26-15-11-23(18-26)10-5-13-25(22(23)28)14-9-19-6-2-1-3-7-19/h4,8,12,17,19H,1-3,5-7,9-11,13-16,18H2/t23-/m1/s1. The molecule has 4 rings (SSSR count). The van der Waals surface area contributed by atoms with Gasteiger partial charge in [-0.25, -0.2) is 0 Å². The average Bonchev–Trinajstić information content (AvgIpc) is 3.16. The second-order valence-electron chi connectivity index (χ2n) is 9.07. The Morgan fingerprint density at radius 1 is 1.14 bits per heavy atom. The van der Waals surface area contributed by atoms with E-state index in [2.05, 4.69) is 9.88 Å². The van der Waals surface area contributed by atoms with Gasteiger partial charge in [0.2, 0.25) is 11.8 Å². The number of nitrogens with zero attached hydrogens (tertiary/aromatic N) is 3. The number of pyridine rings is 1. The third kappa shape index (κ3) is 4.23. The molecule has 1 aromatic heterocycles. The van der Waals surface area contributed by atoms with Crippen LogP contribution < -0.4 is 0 Å². The van der Waals surface area contributed by atoms with Gasteiger partial charge in [-0.05, 0) is 43.2 Å². The molecule has 0 radical (unpaired) electrons. The van der Waals surface area contributed by atoms with Gasteiger partial charge < -0.3 is 9.80 Å². The fourth-order valence-corrected chi connectivity index (χ4v) is 5.43. The maximum atomic E-state index is 13.3. The molecule has 2 aliphatic heterocycles. The number of carbonyl (C=O) groups excluding carboxylic acids is 2. The lowest BCUT2D eigenvalue weighted by Crippen LogP contribution is -2.50. The first-order valence-electron chi connectivity index (χ1n) is 11.1. The number of carbonyl (C=O) groups is 2. The molecule has 1 aromatic rings. The number of rotatable bonds is 5. The van der Waals surface area contributed by atoms with Gasteiger partial charge in [0.25, 0.3) is 0 Å². The number of piperidine rings is 1. The Morgan fingerprint density at radius 2 is 2.00 bits per heavy atom. The predicted molar refractivity (Wildman–Crippen MR) is 109 cm³/mol. The van der Waals surface area contributed by atoms with E-state index in [9.17, 15) is 9.59 Å². The van der Waals surface area contributed by atoms with Gasteiger partial charge in [0.1, 0.15) is 0 Å². The quantitative estimate of drug-likeness (QED) is 0.783. The third-order valence-electron chi connectivity index (χ3n) is 7.14. The highest BCUT2D eigenvalue weighted by atomic mass is 16.2. The molecule has 5 heteroatoms. The molecule has 2 saturated heterocycles. The summed E-state index contributed by atoms with van der Waals surface area (Å²) in [7, 11) is 0. The zero-order chi connectivity index (χ0) is 19.4. The summed E-state index contributed by atoms with van der Waals surface area (Å²) in [5, 5.41) is 0. The Hall–Kier alpha value is -1.91. The highest BCUT2D eigenvalue weighted by molar-refractivity contribution is 5.86. The molecule has 1 aliphatic carbocycles. The van der Waals surface area contributed by atoms with E-state index in [1.54, 1.807) is 12.4 Å². The Kier molecular flexibility index (Phi) is 5.98. The van der Waals surface area contributed by atoms with Crippen molar-refractivity contribution in [1.82, 2.24) is 14.8 Å². The summed E-state index contributed by atoms with van der Waals surface area (Å²) in [4.78, 5) is 34.2. The number of hydrogen-bond donors (Lipinski definition) is 0. The maximum Gasteiger partial charge on any atom is 0.230 e. The molecule has 3 heterocycles. The summed E-state index contributed by atoms with van der Waals surface area (Å²) in [5.74, 6) is 1.24. The van der Waals surface area contributed by atoms with Crippen LogP contribution in [0.3, 0.4) is 0 Å². The Balaban J connectivity index is 1.33. The van der Waals surface area contributed by atoms with Crippen LogP contribution in [-0.4, -0.2) is 52.8 Å². The van der Waals surface area contributed by atoms with Crippen LogP contribution in [0.25, 0.3) is 0 Å². The van der Waals surface area contributed by atoms with Crippen LogP contribution in [0.4, 0.5) is 0 Å². The van der Waals surface area contributed by atoms with E-state index in [0.717, 1.165) is 50.3 Å². The summed E-state index contributed by atoms with van der Waals surface area (Å²) in [6, 6.07) is 3.80. The maximum absolute atomic E-state index is 13.3. The van der Waals surface area contributed by atoms with Gasteiger partial charge in [-0.2, -0.15) is 0 Å². The van der Waals surface area contributed by atoms with Crippen LogP contribution in [-0.2, 0) is 16.0 Å². The molecule has 0 unspecified atom stereocenters. The fraction of sp³-hybridized carbons (Fsp3) is 0.696. The van der Waals surface area contributed by atoms with Gasteiger partial charge in [-0.1, -0.05) is 38.2 Å². The van der Waals surface area contributed by atoms with Crippen LogP contribution in [0, 0.1) is 11.3 Å². The first-order valence-corrected chi connectivity index (χ1v) is 11.1. The third-order valence-corrected chi connectivity index (χ3v) is 7.14. The molecule has 5 nitrogen and oxygen atoms in total. The minimum atomic E-state index is -0.324. The van der Waals surface area contributed by atoms with Crippen LogP contribution in [0.5, 0.6) is 0 Å². The van der Waals surface area contributed by atoms with E-state index >= 15 is 0 Å². The van der Waals surface area contributed by atoms with Crippen molar-refractivity contribution < 1.29 is 9.59 Å². The van der Waals surface area contributed by atoms with Crippen LogP contribution in [0.2, 0.25) is 0 Å². The van der Waals surface area contributed by atoms with Gasteiger partial charge in [-0.15, -0.1) is 0 Å². The molecule has 0 bridgehead atoms. The van der Waals surface area contributed by atoms with Crippen LogP contribution >= 0.6 is 0 Å². The SMILES string of the molecule is O=C(Cc1cccnc1)N1CC[C@]2(CCCN(CCC3CCCCC3)C2=O)C1. The number of hydrogen-bond acceptors (Lipinski definition) is 3. The second kappa shape index (κ2) is 8.62. The van der Waals surface area contributed by atoms with E-state index < -0.39 is 0 Å². The summed E-state index contributed by atoms with van der Waals surface area (Å²) in [6.45, 7) is 3.12. The molecule has 1 saturated carbocycles. The van der Waals surface area contributed by atoms with Gasteiger partial charge in [-0.3, -0.25) is 14.6 Å². The smallest absolute Gasteiger partial charge is 0.230 e. The number of amides is 2. The monoisotopic (exact) mass is 383 g/mol. The lowest BCUT2D eigenvalue weighted by Gasteiger charge is -2.40. The van der Waals surface area contributed by atoms with E-state index in [1.807, 2.05) is 17.0 Å². The summed E-state index contributed by atoms with van der Waals surface area (Å²) < 4.78 is 0. The zero-order valence-electron chi connectivity index (χ0n) is 16.9. The molecule has 3 fully saturated rings.